The molecule has 2 atom stereocenters. The van der Waals surface area contributed by atoms with Crippen molar-refractivity contribution in [3.63, 3.8) is 0 Å². The molecule has 2 fully saturated rings. The fraction of sp³-hybridized carbons (Fsp3) is 0.706. The van der Waals surface area contributed by atoms with Crippen LogP contribution in [0.4, 0.5) is 5.82 Å². The predicted octanol–water partition coefficient (Wildman–Crippen LogP) is 1.95. The van der Waals surface area contributed by atoms with E-state index in [2.05, 4.69) is 19.8 Å². The van der Waals surface area contributed by atoms with E-state index in [9.17, 15) is 4.79 Å². The molecular formula is C17H24N4O. The molecule has 0 spiro atoms. The average molecular weight is 300 g/mol. The molecule has 22 heavy (non-hydrogen) atoms. The van der Waals surface area contributed by atoms with Crippen LogP contribution in [0.25, 0.3) is 0 Å². The molecular weight excluding hydrogens is 276 g/mol. The highest BCUT2D eigenvalue weighted by Crippen LogP contribution is 2.36. The highest BCUT2D eigenvalue weighted by molar-refractivity contribution is 5.74. The molecule has 2 aliphatic heterocycles. The Bertz CT molecular complexity index is 588. The standard InChI is InChI=1S/C17H24N4O/c1-12(22)20-9-3-7-15(20)16-8-4-10-21(16)17-13-5-2-6-14(13)18-11-19-17/h11,15-16H,2-10H2,1H3/t15-,16+/m1/s1. The number of carbonyl (C=O) groups is 1. The third kappa shape index (κ3) is 2.18. The number of rotatable bonds is 2. The van der Waals surface area contributed by atoms with Crippen LogP contribution >= 0.6 is 0 Å². The predicted molar refractivity (Wildman–Crippen MR) is 84.8 cm³/mol. The Morgan fingerprint density at radius 2 is 1.91 bits per heavy atom. The van der Waals surface area contributed by atoms with Crippen LogP contribution in [0.2, 0.25) is 0 Å². The summed E-state index contributed by atoms with van der Waals surface area (Å²) in [4.78, 5) is 25.6. The van der Waals surface area contributed by atoms with Crippen molar-refractivity contribution in [1.29, 1.82) is 0 Å². The summed E-state index contributed by atoms with van der Waals surface area (Å²) in [6, 6.07) is 0.804. The summed E-state index contributed by atoms with van der Waals surface area (Å²) < 4.78 is 0. The quantitative estimate of drug-likeness (QED) is 0.837. The molecule has 1 aliphatic carbocycles. The number of carbonyl (C=O) groups excluding carboxylic acids is 1. The smallest absolute Gasteiger partial charge is 0.219 e. The van der Waals surface area contributed by atoms with Crippen molar-refractivity contribution in [1.82, 2.24) is 14.9 Å². The molecule has 0 aromatic carbocycles. The van der Waals surface area contributed by atoms with Gasteiger partial charge >= 0.3 is 0 Å². The molecule has 0 saturated carbocycles. The van der Waals surface area contributed by atoms with Gasteiger partial charge in [-0.1, -0.05) is 0 Å². The lowest BCUT2D eigenvalue weighted by Gasteiger charge is -2.35. The van der Waals surface area contributed by atoms with Crippen LogP contribution in [0.1, 0.15) is 50.3 Å². The Balaban J connectivity index is 1.65. The fourth-order valence-corrected chi connectivity index (χ4v) is 4.63. The van der Waals surface area contributed by atoms with Crippen LogP contribution in [0, 0.1) is 0 Å². The molecule has 1 amide bonds. The van der Waals surface area contributed by atoms with E-state index in [-0.39, 0.29) is 5.91 Å². The van der Waals surface area contributed by atoms with Crippen molar-refractivity contribution < 1.29 is 4.79 Å². The Morgan fingerprint density at radius 1 is 1.09 bits per heavy atom. The fourth-order valence-electron chi connectivity index (χ4n) is 4.63. The molecule has 0 radical (unpaired) electrons. The minimum Gasteiger partial charge on any atom is -0.351 e. The molecule has 118 valence electrons. The first-order valence-corrected chi connectivity index (χ1v) is 8.62. The number of anilines is 1. The van der Waals surface area contributed by atoms with Crippen LogP contribution in [0.3, 0.4) is 0 Å². The number of hydrogen-bond acceptors (Lipinski definition) is 4. The van der Waals surface area contributed by atoms with E-state index in [1.807, 2.05) is 0 Å². The van der Waals surface area contributed by atoms with Gasteiger partial charge in [-0.25, -0.2) is 9.97 Å². The third-order valence-electron chi connectivity index (χ3n) is 5.57. The first-order valence-electron chi connectivity index (χ1n) is 8.62. The van der Waals surface area contributed by atoms with Gasteiger partial charge < -0.3 is 9.80 Å². The lowest BCUT2D eigenvalue weighted by Crippen LogP contribution is -2.48. The topological polar surface area (TPSA) is 49.3 Å². The molecule has 3 heterocycles. The van der Waals surface area contributed by atoms with Crippen molar-refractivity contribution >= 4 is 11.7 Å². The van der Waals surface area contributed by atoms with Gasteiger partial charge in [0.05, 0.1) is 12.1 Å². The normalized spacial score (nSPS) is 27.5. The number of likely N-dealkylation sites (tertiary alicyclic amines) is 1. The number of aryl methyl sites for hydroxylation is 1. The lowest BCUT2D eigenvalue weighted by molar-refractivity contribution is -0.129. The van der Waals surface area contributed by atoms with Crippen molar-refractivity contribution in [2.24, 2.45) is 0 Å². The van der Waals surface area contributed by atoms with Gasteiger partial charge in [0.1, 0.15) is 12.1 Å². The second kappa shape index (κ2) is 5.52. The van der Waals surface area contributed by atoms with E-state index in [1.54, 1.807) is 13.3 Å². The number of aromatic nitrogens is 2. The van der Waals surface area contributed by atoms with Crippen LogP contribution in [0.15, 0.2) is 6.33 Å². The average Bonchev–Trinajstić information content (AvgIpc) is 3.25. The molecule has 2 saturated heterocycles. The summed E-state index contributed by atoms with van der Waals surface area (Å²) in [6.07, 6.45) is 9.76. The summed E-state index contributed by atoms with van der Waals surface area (Å²) >= 11 is 0. The lowest BCUT2D eigenvalue weighted by atomic mass is 10.0. The van der Waals surface area contributed by atoms with E-state index in [0.717, 1.165) is 44.6 Å². The maximum atomic E-state index is 11.9. The minimum atomic E-state index is 0.224. The number of fused-ring (bicyclic) bond motifs is 1. The summed E-state index contributed by atoms with van der Waals surface area (Å²) in [5.41, 5.74) is 2.60. The SMILES string of the molecule is CC(=O)N1CCC[C@@H]1[C@@H]1CCCN1c1ncnc2c1CCC2. The molecule has 5 heteroatoms. The first-order chi connectivity index (χ1) is 10.8. The molecule has 3 aliphatic rings. The molecule has 0 unspecified atom stereocenters. The number of nitrogens with zero attached hydrogens (tertiary/aromatic N) is 4. The van der Waals surface area contributed by atoms with Gasteiger partial charge in [0.2, 0.25) is 5.91 Å². The summed E-state index contributed by atoms with van der Waals surface area (Å²) in [5, 5.41) is 0. The third-order valence-corrected chi connectivity index (χ3v) is 5.57. The maximum Gasteiger partial charge on any atom is 0.219 e. The summed E-state index contributed by atoms with van der Waals surface area (Å²) in [6.45, 7) is 3.70. The second-order valence-electron chi connectivity index (χ2n) is 6.80. The van der Waals surface area contributed by atoms with Gasteiger partial charge in [0.25, 0.3) is 0 Å². The second-order valence-corrected chi connectivity index (χ2v) is 6.80. The van der Waals surface area contributed by atoms with Gasteiger partial charge in [0, 0.05) is 31.3 Å². The van der Waals surface area contributed by atoms with E-state index >= 15 is 0 Å². The zero-order valence-electron chi connectivity index (χ0n) is 13.3. The van der Waals surface area contributed by atoms with Gasteiger partial charge in [-0.3, -0.25) is 4.79 Å². The van der Waals surface area contributed by atoms with Crippen molar-refractivity contribution in [2.45, 2.75) is 64.0 Å². The largest absolute Gasteiger partial charge is 0.351 e. The monoisotopic (exact) mass is 300 g/mol. The van der Waals surface area contributed by atoms with Gasteiger partial charge in [-0.15, -0.1) is 0 Å². The van der Waals surface area contributed by atoms with Crippen LogP contribution in [-0.4, -0.2) is 45.9 Å². The zero-order chi connectivity index (χ0) is 15.1. The Labute approximate surface area is 131 Å². The molecule has 4 rings (SSSR count). The molecule has 1 aromatic heterocycles. The van der Waals surface area contributed by atoms with Crippen molar-refractivity contribution in [2.75, 3.05) is 18.0 Å². The Morgan fingerprint density at radius 3 is 2.77 bits per heavy atom. The molecule has 0 N–H and O–H groups in total. The first kappa shape index (κ1) is 14.0. The van der Waals surface area contributed by atoms with E-state index < -0.39 is 0 Å². The number of amides is 1. The summed E-state index contributed by atoms with van der Waals surface area (Å²) in [5.74, 6) is 1.38. The highest BCUT2D eigenvalue weighted by Gasteiger charge is 2.40. The van der Waals surface area contributed by atoms with Crippen molar-refractivity contribution in [3.05, 3.63) is 17.6 Å². The molecule has 0 bridgehead atoms. The van der Waals surface area contributed by atoms with Crippen LogP contribution in [0.5, 0.6) is 0 Å². The Kier molecular flexibility index (Phi) is 3.51. The Hall–Kier alpha value is -1.65. The zero-order valence-corrected chi connectivity index (χ0v) is 13.3. The summed E-state index contributed by atoms with van der Waals surface area (Å²) in [7, 11) is 0. The maximum absolute atomic E-state index is 11.9. The van der Waals surface area contributed by atoms with Gasteiger partial charge in [-0.05, 0) is 44.9 Å². The van der Waals surface area contributed by atoms with E-state index in [4.69, 9.17) is 0 Å². The van der Waals surface area contributed by atoms with Crippen LogP contribution in [-0.2, 0) is 17.6 Å². The minimum absolute atomic E-state index is 0.224. The van der Waals surface area contributed by atoms with Crippen LogP contribution < -0.4 is 4.90 Å². The molecule has 1 aromatic rings. The highest BCUT2D eigenvalue weighted by atomic mass is 16.2. The van der Waals surface area contributed by atoms with E-state index in [0.29, 0.717) is 12.1 Å². The van der Waals surface area contributed by atoms with Gasteiger partial charge in [0.15, 0.2) is 0 Å². The van der Waals surface area contributed by atoms with E-state index in [1.165, 1.54) is 30.5 Å². The molecule has 5 nitrogen and oxygen atoms in total. The van der Waals surface area contributed by atoms with Crippen molar-refractivity contribution in [3.8, 4) is 0 Å². The van der Waals surface area contributed by atoms with Gasteiger partial charge in [-0.2, -0.15) is 0 Å². The number of hydrogen-bond donors (Lipinski definition) is 0.